The van der Waals surface area contributed by atoms with Gasteiger partial charge in [0.1, 0.15) is 0 Å². The number of rotatable bonds is 2. The molecule has 2 amide bonds. The Hall–Kier alpha value is -0.346. The van der Waals surface area contributed by atoms with E-state index in [0.717, 1.165) is 25.3 Å². The van der Waals surface area contributed by atoms with Crippen LogP contribution in [0.15, 0.2) is 0 Å². The first-order valence-electron chi connectivity index (χ1n) is 5.68. The first-order valence-corrected chi connectivity index (χ1v) is 5.68. The minimum atomic E-state index is -0.0331. The smallest absolute Gasteiger partial charge is 0.503 e. The van der Waals surface area contributed by atoms with Crippen molar-refractivity contribution in [1.29, 1.82) is 0 Å². The summed E-state index contributed by atoms with van der Waals surface area (Å²) in [5, 5.41) is 5.80. The van der Waals surface area contributed by atoms with Gasteiger partial charge in [0, 0.05) is 19.9 Å². The molecule has 1 radical (unpaired) electrons. The Bertz CT molecular complexity index is 267. The van der Waals surface area contributed by atoms with Crippen LogP contribution in [0, 0.1) is 26.3 Å². The largest absolute Gasteiger partial charge is 3.00 e. The van der Waals surface area contributed by atoms with Crippen LogP contribution in [-0.2, 0) is 31.3 Å². The molecule has 0 aromatic heterocycles. The van der Waals surface area contributed by atoms with Crippen molar-refractivity contribution < 1.29 is 31.3 Å². The third-order valence-corrected chi connectivity index (χ3v) is 2.74. The maximum absolute atomic E-state index is 11.0. The van der Waals surface area contributed by atoms with Crippen molar-refractivity contribution in [1.82, 2.24) is 10.6 Å². The van der Waals surface area contributed by atoms with E-state index in [1.165, 1.54) is 13.8 Å². The first kappa shape index (κ1) is 23.7. The molecule has 0 saturated heterocycles. The predicted octanol–water partition coefficient (Wildman–Crippen LogP) is 2.27. The quantitative estimate of drug-likeness (QED) is 0.607. The second-order valence-corrected chi connectivity index (χ2v) is 5.43. The molecule has 0 spiro atoms. The third kappa shape index (κ3) is 9.23. The molecule has 5 heteroatoms. The Balaban J connectivity index is -0.000000853. The number of carbonyl (C=O) groups is 2. The van der Waals surface area contributed by atoms with E-state index in [2.05, 4.69) is 24.5 Å². The van der Waals surface area contributed by atoms with Crippen LogP contribution in [0.25, 0.3) is 0 Å². The zero-order valence-corrected chi connectivity index (χ0v) is 14.6. The van der Waals surface area contributed by atoms with Crippen molar-refractivity contribution in [2.45, 2.75) is 53.0 Å². The molecule has 109 valence electrons. The second-order valence-electron chi connectivity index (χ2n) is 5.43. The Kier molecular flexibility index (Phi) is 11.9. The average molecular weight is 303 g/mol. The van der Waals surface area contributed by atoms with E-state index in [1.807, 2.05) is 0 Å². The van der Waals surface area contributed by atoms with Crippen LogP contribution in [0.2, 0.25) is 0 Å². The summed E-state index contributed by atoms with van der Waals surface area (Å²) in [5.41, 5.74) is 0.128. The van der Waals surface area contributed by atoms with Crippen LogP contribution >= 0.6 is 0 Å². The Labute approximate surface area is 133 Å². The number of nitrogens with one attached hydrogen (secondary N) is 2. The van der Waals surface area contributed by atoms with Gasteiger partial charge < -0.3 is 25.5 Å². The van der Waals surface area contributed by atoms with Gasteiger partial charge in [-0.25, -0.2) is 6.04 Å². The van der Waals surface area contributed by atoms with E-state index in [1.54, 1.807) is 0 Å². The molecule has 4 nitrogen and oxygen atoms in total. The van der Waals surface area contributed by atoms with E-state index in [0.29, 0.717) is 0 Å². The third-order valence-electron chi connectivity index (χ3n) is 2.74. The minimum Gasteiger partial charge on any atom is -0.503 e. The molecule has 0 aromatic carbocycles. The number of carbonyl (C=O) groups excluding carboxylic acids is 2. The van der Waals surface area contributed by atoms with Gasteiger partial charge in [0.2, 0.25) is 5.91 Å². The molecule has 0 aliphatic heterocycles. The fourth-order valence-electron chi connectivity index (χ4n) is 2.49. The van der Waals surface area contributed by atoms with E-state index in [9.17, 15) is 9.59 Å². The summed E-state index contributed by atoms with van der Waals surface area (Å²) >= 11 is 0. The molecular weight excluding hydrogens is 276 g/mol. The standard InChI is InChI=1S/C12H21N2O2.2CH3.Ti/c1-8(15)13-10-5-11(14-9(2)16)7-12(3,4)6-10;;;/h10H,5-7H2,1-4H3,(H,13,15)(H,14,16);2*1H3;/q3*-1;+3. The Morgan fingerprint density at radius 2 is 1.68 bits per heavy atom. The molecule has 1 fully saturated rings. The van der Waals surface area contributed by atoms with E-state index in [-0.39, 0.29) is 59.8 Å². The zero-order chi connectivity index (χ0) is 12.3. The van der Waals surface area contributed by atoms with Gasteiger partial charge in [-0.05, 0) is 6.42 Å². The van der Waals surface area contributed by atoms with Crippen LogP contribution in [0.4, 0.5) is 0 Å². The Morgan fingerprint density at radius 3 is 2.11 bits per heavy atom. The molecule has 2 N–H and O–H groups in total. The van der Waals surface area contributed by atoms with Crippen molar-refractivity contribution >= 4 is 11.8 Å². The normalized spacial score (nSPS) is 20.9. The van der Waals surface area contributed by atoms with Crippen molar-refractivity contribution in [2.24, 2.45) is 5.41 Å². The summed E-state index contributed by atoms with van der Waals surface area (Å²) in [6.07, 6.45) is 2.60. The van der Waals surface area contributed by atoms with Crippen molar-refractivity contribution in [2.75, 3.05) is 0 Å². The van der Waals surface area contributed by atoms with Gasteiger partial charge >= 0.3 is 21.7 Å². The molecule has 1 aliphatic rings. The summed E-state index contributed by atoms with van der Waals surface area (Å²) in [5.74, 6) is -0.0425. The van der Waals surface area contributed by atoms with Crippen LogP contribution in [0.1, 0.15) is 47.0 Å². The summed E-state index contributed by atoms with van der Waals surface area (Å²) in [4.78, 5) is 22.1. The first-order chi connectivity index (χ1) is 7.28. The number of amides is 2. The molecule has 1 unspecified atom stereocenters. The molecular formula is C14H27N2O2Ti. The van der Waals surface area contributed by atoms with Gasteiger partial charge in [-0.2, -0.15) is 6.42 Å². The topological polar surface area (TPSA) is 58.2 Å². The minimum absolute atomic E-state index is 0. The van der Waals surface area contributed by atoms with E-state index < -0.39 is 0 Å². The summed E-state index contributed by atoms with van der Waals surface area (Å²) in [7, 11) is 0. The van der Waals surface area contributed by atoms with Crippen molar-refractivity contribution in [3.8, 4) is 0 Å². The van der Waals surface area contributed by atoms with Crippen molar-refractivity contribution in [3.05, 3.63) is 20.9 Å². The molecule has 1 atom stereocenters. The second kappa shape index (κ2) is 9.54. The number of hydrogen-bond donors (Lipinski definition) is 2. The summed E-state index contributed by atoms with van der Waals surface area (Å²) in [6.45, 7) is 7.35. The van der Waals surface area contributed by atoms with Gasteiger partial charge in [0.25, 0.3) is 0 Å². The van der Waals surface area contributed by atoms with Crippen LogP contribution < -0.4 is 10.6 Å². The molecule has 1 saturated carbocycles. The van der Waals surface area contributed by atoms with Gasteiger partial charge in [0.15, 0.2) is 5.91 Å². The number of hydrogen-bond acceptors (Lipinski definition) is 2. The van der Waals surface area contributed by atoms with Gasteiger partial charge in [0.05, 0.1) is 0 Å². The molecule has 0 aromatic rings. The van der Waals surface area contributed by atoms with Crippen LogP contribution in [0.5, 0.6) is 0 Å². The summed E-state index contributed by atoms with van der Waals surface area (Å²) in [6, 6.07) is 1.17. The fraction of sp³-hybridized carbons (Fsp3) is 0.643. The average Bonchev–Trinajstić information content (AvgIpc) is 1.95. The van der Waals surface area contributed by atoms with Gasteiger partial charge in [-0.15, -0.1) is 6.42 Å². The molecule has 1 aliphatic carbocycles. The van der Waals surface area contributed by atoms with Gasteiger partial charge in [-0.1, -0.05) is 19.3 Å². The molecule has 19 heavy (non-hydrogen) atoms. The van der Waals surface area contributed by atoms with E-state index >= 15 is 0 Å². The fourth-order valence-corrected chi connectivity index (χ4v) is 2.49. The van der Waals surface area contributed by atoms with E-state index in [4.69, 9.17) is 0 Å². The van der Waals surface area contributed by atoms with Crippen LogP contribution in [-0.4, -0.2) is 17.9 Å². The maximum atomic E-state index is 11.0. The van der Waals surface area contributed by atoms with Crippen molar-refractivity contribution in [3.63, 3.8) is 0 Å². The maximum Gasteiger partial charge on any atom is 3.00 e. The van der Waals surface area contributed by atoms with Gasteiger partial charge in [-0.3, -0.25) is 9.59 Å². The predicted molar refractivity (Wildman–Crippen MR) is 75.1 cm³/mol. The van der Waals surface area contributed by atoms with Crippen LogP contribution in [0.3, 0.4) is 0 Å². The Morgan fingerprint density at radius 1 is 1.16 bits per heavy atom. The monoisotopic (exact) mass is 303 g/mol. The SMILES string of the molecule is CC(=O)N[C-]1CC(NC(C)=O)CC(C)(C)C1.[CH3-].[CH3-].[Ti+3]. The zero-order valence-electron chi connectivity index (χ0n) is 13.0. The molecule has 0 bridgehead atoms. The summed E-state index contributed by atoms with van der Waals surface area (Å²) < 4.78 is 0. The molecule has 1 rings (SSSR count). The molecule has 0 heterocycles.